The van der Waals surface area contributed by atoms with E-state index in [1.807, 2.05) is 4.90 Å². The van der Waals surface area contributed by atoms with Gasteiger partial charge in [0.2, 0.25) is 5.91 Å². The van der Waals surface area contributed by atoms with Crippen molar-refractivity contribution < 1.29 is 14.3 Å². The summed E-state index contributed by atoms with van der Waals surface area (Å²) in [6.07, 6.45) is 3.68. The second-order valence-electron chi connectivity index (χ2n) is 4.71. The third kappa shape index (κ3) is 2.90. The first-order valence-electron chi connectivity index (χ1n) is 6.54. The number of hydrogen-bond acceptors (Lipinski definition) is 3. The van der Waals surface area contributed by atoms with Crippen LogP contribution in [0.4, 0.5) is 0 Å². The molecule has 0 aromatic heterocycles. The summed E-state index contributed by atoms with van der Waals surface area (Å²) in [5.74, 6) is 0.0295. The van der Waals surface area contributed by atoms with Crippen LogP contribution in [0.2, 0.25) is 0 Å². The SMILES string of the molecule is C=CC(=O)N1CCCN(C(=O)C2CCCO2)CC1. The van der Waals surface area contributed by atoms with Crippen LogP contribution < -0.4 is 0 Å². The van der Waals surface area contributed by atoms with Gasteiger partial charge in [-0.05, 0) is 25.3 Å². The van der Waals surface area contributed by atoms with Gasteiger partial charge < -0.3 is 14.5 Å². The molecule has 1 atom stereocenters. The molecular weight excluding hydrogens is 232 g/mol. The highest BCUT2D eigenvalue weighted by Gasteiger charge is 2.29. The van der Waals surface area contributed by atoms with Gasteiger partial charge in [0.1, 0.15) is 6.10 Å². The summed E-state index contributed by atoms with van der Waals surface area (Å²) in [6.45, 7) is 6.76. The van der Waals surface area contributed by atoms with Crippen LogP contribution in [0.15, 0.2) is 12.7 Å². The number of nitrogens with zero attached hydrogens (tertiary/aromatic N) is 2. The van der Waals surface area contributed by atoms with Gasteiger partial charge in [0.15, 0.2) is 0 Å². The van der Waals surface area contributed by atoms with E-state index in [0.29, 0.717) is 32.8 Å². The second-order valence-corrected chi connectivity index (χ2v) is 4.71. The zero-order valence-electron chi connectivity index (χ0n) is 10.6. The first-order valence-corrected chi connectivity index (χ1v) is 6.54. The Hall–Kier alpha value is -1.36. The highest BCUT2D eigenvalue weighted by atomic mass is 16.5. The predicted molar refractivity (Wildman–Crippen MR) is 66.9 cm³/mol. The fraction of sp³-hybridized carbons (Fsp3) is 0.692. The highest BCUT2D eigenvalue weighted by Crippen LogP contribution is 2.16. The Morgan fingerprint density at radius 3 is 2.50 bits per heavy atom. The third-order valence-electron chi connectivity index (χ3n) is 3.50. The van der Waals surface area contributed by atoms with Gasteiger partial charge in [-0.25, -0.2) is 0 Å². The molecule has 2 aliphatic rings. The van der Waals surface area contributed by atoms with E-state index in [0.717, 1.165) is 19.3 Å². The Kier molecular flexibility index (Phi) is 4.36. The third-order valence-corrected chi connectivity index (χ3v) is 3.50. The molecule has 5 heteroatoms. The molecule has 2 aliphatic heterocycles. The second kappa shape index (κ2) is 6.00. The topological polar surface area (TPSA) is 49.9 Å². The number of amides is 2. The molecule has 0 radical (unpaired) electrons. The molecule has 5 nitrogen and oxygen atoms in total. The van der Waals surface area contributed by atoms with E-state index in [-0.39, 0.29) is 17.9 Å². The summed E-state index contributed by atoms with van der Waals surface area (Å²) in [4.78, 5) is 27.3. The smallest absolute Gasteiger partial charge is 0.251 e. The number of ether oxygens (including phenoxy) is 1. The van der Waals surface area contributed by atoms with Gasteiger partial charge in [0, 0.05) is 32.8 Å². The van der Waals surface area contributed by atoms with E-state index >= 15 is 0 Å². The van der Waals surface area contributed by atoms with Gasteiger partial charge in [0.25, 0.3) is 5.91 Å². The van der Waals surface area contributed by atoms with E-state index in [1.54, 1.807) is 4.90 Å². The number of carbonyl (C=O) groups is 2. The molecule has 0 spiro atoms. The Bertz CT molecular complexity index is 337. The summed E-state index contributed by atoms with van der Waals surface area (Å²) < 4.78 is 5.42. The van der Waals surface area contributed by atoms with Gasteiger partial charge >= 0.3 is 0 Å². The Balaban J connectivity index is 1.90. The van der Waals surface area contributed by atoms with Crippen LogP contribution in [0.5, 0.6) is 0 Å². The fourth-order valence-electron chi connectivity index (χ4n) is 2.46. The minimum absolute atomic E-state index is 0.0542. The molecule has 0 N–H and O–H groups in total. The maximum absolute atomic E-state index is 12.2. The van der Waals surface area contributed by atoms with Crippen molar-refractivity contribution >= 4 is 11.8 Å². The van der Waals surface area contributed by atoms with Crippen LogP contribution >= 0.6 is 0 Å². The molecule has 0 aromatic carbocycles. The van der Waals surface area contributed by atoms with Crippen molar-refractivity contribution in [1.82, 2.24) is 9.80 Å². The molecule has 18 heavy (non-hydrogen) atoms. The van der Waals surface area contributed by atoms with Crippen molar-refractivity contribution in [3.63, 3.8) is 0 Å². The monoisotopic (exact) mass is 252 g/mol. The maximum Gasteiger partial charge on any atom is 0.251 e. The van der Waals surface area contributed by atoms with Gasteiger partial charge in [0.05, 0.1) is 0 Å². The first kappa shape index (κ1) is 13.1. The lowest BCUT2D eigenvalue weighted by atomic mass is 10.2. The molecule has 0 aliphatic carbocycles. The maximum atomic E-state index is 12.2. The van der Waals surface area contributed by atoms with E-state index in [4.69, 9.17) is 4.74 Å². The van der Waals surface area contributed by atoms with Gasteiger partial charge in [-0.2, -0.15) is 0 Å². The van der Waals surface area contributed by atoms with Gasteiger partial charge in [-0.1, -0.05) is 6.58 Å². The quantitative estimate of drug-likeness (QED) is 0.669. The molecule has 0 aromatic rings. The molecular formula is C13H20N2O3. The number of carbonyl (C=O) groups excluding carboxylic acids is 2. The van der Waals surface area contributed by atoms with Crippen LogP contribution in [-0.2, 0) is 14.3 Å². The molecule has 1 unspecified atom stereocenters. The predicted octanol–water partition coefficient (Wildman–Crippen LogP) is 0.412. The average Bonchev–Trinajstić information content (AvgIpc) is 2.81. The molecule has 2 saturated heterocycles. The standard InChI is InChI=1S/C13H20N2O3/c1-2-12(16)14-6-4-7-15(9-8-14)13(17)11-5-3-10-18-11/h2,11H,1,3-10H2. The average molecular weight is 252 g/mol. The lowest BCUT2D eigenvalue weighted by Crippen LogP contribution is -2.41. The summed E-state index contributed by atoms with van der Waals surface area (Å²) in [6, 6.07) is 0. The lowest BCUT2D eigenvalue weighted by molar-refractivity contribution is -0.141. The van der Waals surface area contributed by atoms with Crippen molar-refractivity contribution in [3.8, 4) is 0 Å². The van der Waals surface area contributed by atoms with Crippen molar-refractivity contribution in [3.05, 3.63) is 12.7 Å². The van der Waals surface area contributed by atoms with Crippen LogP contribution in [0.3, 0.4) is 0 Å². The molecule has 2 amide bonds. The summed E-state index contributed by atoms with van der Waals surface area (Å²) in [5.41, 5.74) is 0. The van der Waals surface area contributed by atoms with Crippen molar-refractivity contribution in [2.45, 2.75) is 25.4 Å². The van der Waals surface area contributed by atoms with Crippen LogP contribution in [-0.4, -0.2) is 60.5 Å². The molecule has 0 saturated carbocycles. The molecule has 100 valence electrons. The van der Waals surface area contributed by atoms with Crippen LogP contribution in [0.1, 0.15) is 19.3 Å². The molecule has 2 heterocycles. The lowest BCUT2D eigenvalue weighted by Gasteiger charge is -2.23. The van der Waals surface area contributed by atoms with Gasteiger partial charge in [-0.3, -0.25) is 9.59 Å². The molecule has 2 rings (SSSR count). The van der Waals surface area contributed by atoms with Gasteiger partial charge in [-0.15, -0.1) is 0 Å². The highest BCUT2D eigenvalue weighted by molar-refractivity contribution is 5.87. The normalized spacial score (nSPS) is 24.8. The van der Waals surface area contributed by atoms with Crippen molar-refractivity contribution in [1.29, 1.82) is 0 Å². The van der Waals surface area contributed by atoms with Crippen molar-refractivity contribution in [2.24, 2.45) is 0 Å². The van der Waals surface area contributed by atoms with Crippen LogP contribution in [0.25, 0.3) is 0 Å². The van der Waals surface area contributed by atoms with E-state index < -0.39 is 0 Å². The zero-order chi connectivity index (χ0) is 13.0. The van der Waals surface area contributed by atoms with E-state index in [9.17, 15) is 9.59 Å². The largest absolute Gasteiger partial charge is 0.368 e. The number of rotatable bonds is 2. The van der Waals surface area contributed by atoms with Crippen LogP contribution in [0, 0.1) is 0 Å². The Morgan fingerprint density at radius 1 is 1.11 bits per heavy atom. The summed E-state index contributed by atoms with van der Waals surface area (Å²) in [5, 5.41) is 0. The Labute approximate surface area is 107 Å². The zero-order valence-corrected chi connectivity index (χ0v) is 10.6. The van der Waals surface area contributed by atoms with Crippen molar-refractivity contribution in [2.75, 3.05) is 32.8 Å². The minimum Gasteiger partial charge on any atom is -0.368 e. The molecule has 2 fully saturated rings. The minimum atomic E-state index is -0.258. The summed E-state index contributed by atoms with van der Waals surface area (Å²) in [7, 11) is 0. The molecule has 0 bridgehead atoms. The number of hydrogen-bond donors (Lipinski definition) is 0. The first-order chi connectivity index (χ1) is 8.72. The van der Waals surface area contributed by atoms with E-state index in [2.05, 4.69) is 6.58 Å². The Morgan fingerprint density at radius 2 is 1.83 bits per heavy atom. The summed E-state index contributed by atoms with van der Waals surface area (Å²) >= 11 is 0. The fourth-order valence-corrected chi connectivity index (χ4v) is 2.46. The van der Waals surface area contributed by atoms with E-state index in [1.165, 1.54) is 6.08 Å².